The average Bonchev–Trinajstić information content (AvgIpc) is 2.35. The quantitative estimate of drug-likeness (QED) is 0.871. The summed E-state index contributed by atoms with van der Waals surface area (Å²) in [6.45, 7) is 4.88. The van der Waals surface area contributed by atoms with Crippen LogP contribution in [0.1, 0.15) is 23.9 Å². The van der Waals surface area contributed by atoms with E-state index in [1.165, 1.54) is 0 Å². The Morgan fingerprint density at radius 2 is 2.12 bits per heavy atom. The molecule has 2 heterocycles. The fourth-order valence-corrected chi connectivity index (χ4v) is 1.57. The van der Waals surface area contributed by atoms with Gasteiger partial charge in [-0.2, -0.15) is 0 Å². The molecule has 2 aromatic heterocycles. The number of rotatable bonds is 4. The molecule has 0 aliphatic rings. The van der Waals surface area contributed by atoms with Crippen LogP contribution in [0.2, 0.25) is 0 Å². The number of hydrogen-bond acceptors (Lipinski definition) is 4. The highest BCUT2D eigenvalue weighted by Crippen LogP contribution is 2.11. The molecule has 4 heteroatoms. The molecule has 0 amide bonds. The molecule has 2 rings (SSSR count). The normalized spacial score (nSPS) is 10.2. The van der Waals surface area contributed by atoms with Gasteiger partial charge in [0.1, 0.15) is 0 Å². The van der Waals surface area contributed by atoms with Crippen molar-refractivity contribution in [1.82, 2.24) is 15.0 Å². The Bertz CT molecular complexity index is 482. The summed E-state index contributed by atoms with van der Waals surface area (Å²) in [6, 6.07) is 5.92. The van der Waals surface area contributed by atoms with Gasteiger partial charge in [-0.05, 0) is 31.5 Å². The number of aromatic nitrogens is 3. The van der Waals surface area contributed by atoms with Crippen LogP contribution in [0.15, 0.2) is 30.6 Å². The molecule has 1 N–H and O–H groups in total. The molecule has 0 radical (unpaired) electrons. The van der Waals surface area contributed by atoms with E-state index in [4.69, 9.17) is 0 Å². The van der Waals surface area contributed by atoms with E-state index in [-0.39, 0.29) is 0 Å². The molecule has 0 saturated heterocycles. The lowest BCUT2D eigenvalue weighted by molar-refractivity contribution is 0.955. The standard InChI is InChI=1S/C13H16N4/c1-3-14-13-16-9-10(2)12(17-13)8-11-6-4-5-7-15-11/h4-7,9H,3,8H2,1-2H3,(H,14,16,17). The zero-order valence-electron chi connectivity index (χ0n) is 10.1. The number of hydrogen-bond donors (Lipinski definition) is 1. The summed E-state index contributed by atoms with van der Waals surface area (Å²) < 4.78 is 0. The van der Waals surface area contributed by atoms with E-state index in [1.807, 2.05) is 38.2 Å². The van der Waals surface area contributed by atoms with E-state index in [0.717, 1.165) is 29.9 Å². The summed E-state index contributed by atoms with van der Waals surface area (Å²) in [5, 5.41) is 3.12. The van der Waals surface area contributed by atoms with E-state index < -0.39 is 0 Å². The molecule has 0 aliphatic heterocycles. The number of anilines is 1. The molecule has 0 fully saturated rings. The number of nitrogens with one attached hydrogen (secondary N) is 1. The summed E-state index contributed by atoms with van der Waals surface area (Å²) in [5.74, 6) is 0.684. The predicted molar refractivity (Wildman–Crippen MR) is 68.0 cm³/mol. The Hall–Kier alpha value is -1.97. The van der Waals surface area contributed by atoms with E-state index in [9.17, 15) is 0 Å². The SMILES string of the molecule is CCNc1ncc(C)c(Cc2ccccn2)n1. The molecular weight excluding hydrogens is 212 g/mol. The second kappa shape index (κ2) is 5.39. The third kappa shape index (κ3) is 3.00. The van der Waals surface area contributed by atoms with Crippen LogP contribution < -0.4 is 5.32 Å². The number of nitrogens with zero attached hydrogens (tertiary/aromatic N) is 3. The summed E-state index contributed by atoms with van der Waals surface area (Å²) in [5.41, 5.74) is 3.14. The topological polar surface area (TPSA) is 50.7 Å². The molecule has 0 unspecified atom stereocenters. The summed E-state index contributed by atoms with van der Waals surface area (Å²) in [7, 11) is 0. The lowest BCUT2D eigenvalue weighted by Crippen LogP contribution is -2.06. The Morgan fingerprint density at radius 1 is 1.24 bits per heavy atom. The molecule has 0 aliphatic carbocycles. The van der Waals surface area contributed by atoms with Gasteiger partial charge in [-0.25, -0.2) is 9.97 Å². The van der Waals surface area contributed by atoms with Crippen molar-refractivity contribution in [3.8, 4) is 0 Å². The van der Waals surface area contributed by atoms with Crippen LogP contribution in [0, 0.1) is 6.92 Å². The van der Waals surface area contributed by atoms with Gasteiger partial charge in [-0.1, -0.05) is 6.07 Å². The van der Waals surface area contributed by atoms with Gasteiger partial charge >= 0.3 is 0 Å². The third-order valence-electron chi connectivity index (χ3n) is 2.49. The van der Waals surface area contributed by atoms with Crippen LogP contribution in [0.5, 0.6) is 0 Å². The minimum Gasteiger partial charge on any atom is -0.354 e. The summed E-state index contributed by atoms with van der Waals surface area (Å²) in [4.78, 5) is 13.0. The molecular formula is C13H16N4. The van der Waals surface area contributed by atoms with Gasteiger partial charge in [0.15, 0.2) is 0 Å². The van der Waals surface area contributed by atoms with Crippen molar-refractivity contribution >= 4 is 5.95 Å². The lowest BCUT2D eigenvalue weighted by atomic mass is 10.1. The second-order valence-corrected chi connectivity index (χ2v) is 3.85. The first kappa shape index (κ1) is 11.5. The van der Waals surface area contributed by atoms with E-state index in [2.05, 4.69) is 20.3 Å². The van der Waals surface area contributed by atoms with Gasteiger partial charge in [-0.3, -0.25) is 4.98 Å². The summed E-state index contributed by atoms with van der Waals surface area (Å²) in [6.07, 6.45) is 4.40. The average molecular weight is 228 g/mol. The Balaban J connectivity index is 2.22. The van der Waals surface area contributed by atoms with Crippen molar-refractivity contribution in [3.63, 3.8) is 0 Å². The van der Waals surface area contributed by atoms with Gasteiger partial charge in [-0.15, -0.1) is 0 Å². The fraction of sp³-hybridized carbons (Fsp3) is 0.308. The van der Waals surface area contributed by atoms with E-state index in [0.29, 0.717) is 5.95 Å². The zero-order valence-corrected chi connectivity index (χ0v) is 10.1. The minimum absolute atomic E-state index is 0.684. The van der Waals surface area contributed by atoms with Crippen LogP contribution in [-0.4, -0.2) is 21.5 Å². The van der Waals surface area contributed by atoms with Crippen molar-refractivity contribution < 1.29 is 0 Å². The smallest absolute Gasteiger partial charge is 0.222 e. The molecule has 88 valence electrons. The van der Waals surface area contributed by atoms with Crippen molar-refractivity contribution in [2.45, 2.75) is 20.3 Å². The van der Waals surface area contributed by atoms with Gasteiger partial charge in [0, 0.05) is 31.1 Å². The summed E-state index contributed by atoms with van der Waals surface area (Å²) >= 11 is 0. The fourth-order valence-electron chi connectivity index (χ4n) is 1.57. The molecule has 17 heavy (non-hydrogen) atoms. The second-order valence-electron chi connectivity index (χ2n) is 3.85. The maximum absolute atomic E-state index is 4.50. The molecule has 0 saturated carbocycles. The highest BCUT2D eigenvalue weighted by molar-refractivity contribution is 5.30. The third-order valence-corrected chi connectivity index (χ3v) is 2.49. The van der Waals surface area contributed by atoms with Crippen LogP contribution in [-0.2, 0) is 6.42 Å². The number of aryl methyl sites for hydroxylation is 1. The molecule has 0 aromatic carbocycles. The molecule has 0 bridgehead atoms. The Kier molecular flexibility index (Phi) is 3.65. The monoisotopic (exact) mass is 228 g/mol. The highest BCUT2D eigenvalue weighted by Gasteiger charge is 2.05. The van der Waals surface area contributed by atoms with E-state index in [1.54, 1.807) is 6.20 Å². The predicted octanol–water partition coefficient (Wildman–Crippen LogP) is 2.20. The van der Waals surface area contributed by atoms with Crippen molar-refractivity contribution in [3.05, 3.63) is 47.5 Å². The van der Waals surface area contributed by atoms with Crippen LogP contribution in [0.4, 0.5) is 5.95 Å². The maximum Gasteiger partial charge on any atom is 0.222 e. The van der Waals surface area contributed by atoms with Crippen molar-refractivity contribution in [2.24, 2.45) is 0 Å². The number of pyridine rings is 1. The first-order chi connectivity index (χ1) is 8.29. The molecule has 4 nitrogen and oxygen atoms in total. The highest BCUT2D eigenvalue weighted by atomic mass is 15.1. The zero-order chi connectivity index (χ0) is 12.1. The van der Waals surface area contributed by atoms with Gasteiger partial charge < -0.3 is 5.32 Å². The maximum atomic E-state index is 4.50. The molecule has 0 atom stereocenters. The van der Waals surface area contributed by atoms with Crippen molar-refractivity contribution in [1.29, 1.82) is 0 Å². The van der Waals surface area contributed by atoms with Crippen LogP contribution in [0.3, 0.4) is 0 Å². The van der Waals surface area contributed by atoms with Crippen LogP contribution >= 0.6 is 0 Å². The molecule has 0 spiro atoms. The largest absolute Gasteiger partial charge is 0.354 e. The van der Waals surface area contributed by atoms with Gasteiger partial charge in [0.05, 0.1) is 5.69 Å². The van der Waals surface area contributed by atoms with Crippen molar-refractivity contribution in [2.75, 3.05) is 11.9 Å². The van der Waals surface area contributed by atoms with E-state index >= 15 is 0 Å². The van der Waals surface area contributed by atoms with Gasteiger partial charge in [0.25, 0.3) is 0 Å². The Labute approximate surface area is 101 Å². The van der Waals surface area contributed by atoms with Crippen LogP contribution in [0.25, 0.3) is 0 Å². The molecule has 2 aromatic rings. The first-order valence-corrected chi connectivity index (χ1v) is 5.76. The first-order valence-electron chi connectivity index (χ1n) is 5.76. The minimum atomic E-state index is 0.684. The lowest BCUT2D eigenvalue weighted by Gasteiger charge is -2.07. The van der Waals surface area contributed by atoms with Gasteiger partial charge in [0.2, 0.25) is 5.95 Å². The Morgan fingerprint density at radius 3 is 2.82 bits per heavy atom.